The number of amides is 1. The van der Waals surface area contributed by atoms with Gasteiger partial charge in [0.1, 0.15) is 17.6 Å². The summed E-state index contributed by atoms with van der Waals surface area (Å²) in [6.07, 6.45) is 1.85. The van der Waals surface area contributed by atoms with Gasteiger partial charge in [0.25, 0.3) is 0 Å². The van der Waals surface area contributed by atoms with Gasteiger partial charge < -0.3 is 19.8 Å². The Hall–Kier alpha value is -3.23. The molecule has 2 N–H and O–H groups in total. The lowest BCUT2D eigenvalue weighted by molar-refractivity contribution is -0.117. The molecule has 7 nitrogen and oxygen atoms in total. The number of ether oxygens (including phenoxy) is 2. The first-order chi connectivity index (χ1) is 13.5. The third kappa shape index (κ3) is 3.12. The highest BCUT2D eigenvalue weighted by Crippen LogP contribution is 2.42. The normalized spacial score (nSPS) is 18.1. The summed E-state index contributed by atoms with van der Waals surface area (Å²) in [6.45, 7) is 2.02. The zero-order chi connectivity index (χ0) is 19.8. The molecule has 0 unspecified atom stereocenters. The van der Waals surface area contributed by atoms with Gasteiger partial charge in [0.05, 0.1) is 31.4 Å². The van der Waals surface area contributed by atoms with Crippen molar-refractivity contribution in [1.29, 1.82) is 0 Å². The largest absolute Gasteiger partial charge is 0.490 e. The Kier molecular flexibility index (Phi) is 4.58. The summed E-state index contributed by atoms with van der Waals surface area (Å²) in [4.78, 5) is 23.2. The number of methoxy groups -OCH3 is 1. The van der Waals surface area contributed by atoms with Crippen molar-refractivity contribution in [1.82, 2.24) is 15.0 Å². The minimum absolute atomic E-state index is 0.0374. The monoisotopic (exact) mass is 388 g/mol. The highest BCUT2D eigenvalue weighted by Gasteiger charge is 2.43. The van der Waals surface area contributed by atoms with E-state index >= 15 is 0 Å². The maximum atomic E-state index is 14.3. The number of aromatic amines is 1. The summed E-state index contributed by atoms with van der Waals surface area (Å²) in [7, 11) is 1.44. The van der Waals surface area contributed by atoms with Gasteiger partial charge in [-0.05, 0) is 25.5 Å². The van der Waals surface area contributed by atoms with Crippen molar-refractivity contribution in [2.75, 3.05) is 19.0 Å². The third-order valence-corrected chi connectivity index (χ3v) is 4.54. The SMILES string of the molecule is CCOc1c(F)cnc(OC)c1-c1c[nH]c2nc(NC(=O)[C@@H]3C[C@@H]3F)ccc12. The number of alkyl halides is 1. The standard InChI is InChI=1S/C19H18F2N4O3/c1-3-28-16-13(21)8-23-19(27-2)15(16)11-7-22-17-9(11)4-5-14(24-17)25-18(26)10-6-12(10)20/h4-5,7-8,10,12H,3,6H2,1-2H3,(H2,22,24,25,26)/t10-,12+/m1/s1. The smallest absolute Gasteiger partial charge is 0.231 e. The van der Waals surface area contributed by atoms with E-state index in [1.807, 2.05) is 0 Å². The third-order valence-electron chi connectivity index (χ3n) is 4.54. The van der Waals surface area contributed by atoms with Gasteiger partial charge in [-0.1, -0.05) is 0 Å². The van der Waals surface area contributed by atoms with Gasteiger partial charge in [-0.15, -0.1) is 0 Å². The number of hydrogen-bond acceptors (Lipinski definition) is 5. The second-order valence-electron chi connectivity index (χ2n) is 6.39. The Morgan fingerprint density at radius 3 is 2.89 bits per heavy atom. The molecule has 3 aromatic heterocycles. The van der Waals surface area contributed by atoms with Crippen LogP contribution in [0.2, 0.25) is 0 Å². The molecule has 28 heavy (non-hydrogen) atoms. The molecule has 1 aliphatic carbocycles. The maximum absolute atomic E-state index is 14.3. The van der Waals surface area contributed by atoms with Crippen molar-refractivity contribution in [2.24, 2.45) is 5.92 Å². The number of hydrogen-bond donors (Lipinski definition) is 2. The number of anilines is 1. The number of H-pyrrole nitrogens is 1. The van der Waals surface area contributed by atoms with Crippen LogP contribution in [-0.4, -0.2) is 40.7 Å². The summed E-state index contributed by atoms with van der Waals surface area (Å²) < 4.78 is 38.1. The molecule has 2 atom stereocenters. The molecule has 0 aromatic carbocycles. The van der Waals surface area contributed by atoms with Crippen LogP contribution in [0.25, 0.3) is 22.2 Å². The number of nitrogens with zero attached hydrogens (tertiary/aromatic N) is 2. The van der Waals surface area contributed by atoms with Crippen LogP contribution in [0.1, 0.15) is 13.3 Å². The summed E-state index contributed by atoms with van der Waals surface area (Å²) in [5, 5.41) is 3.27. The van der Waals surface area contributed by atoms with Gasteiger partial charge >= 0.3 is 0 Å². The number of pyridine rings is 2. The molecule has 146 valence electrons. The summed E-state index contributed by atoms with van der Waals surface area (Å²) in [6, 6.07) is 3.33. The first kappa shape index (κ1) is 18.1. The minimum atomic E-state index is -1.08. The molecule has 1 aliphatic rings. The van der Waals surface area contributed by atoms with E-state index in [9.17, 15) is 13.6 Å². The van der Waals surface area contributed by atoms with Gasteiger partial charge in [-0.25, -0.2) is 18.7 Å². The summed E-state index contributed by atoms with van der Waals surface area (Å²) in [5.74, 6) is -1.04. The van der Waals surface area contributed by atoms with E-state index in [1.165, 1.54) is 7.11 Å². The number of nitrogens with one attached hydrogen (secondary N) is 2. The summed E-state index contributed by atoms with van der Waals surface area (Å²) >= 11 is 0. The zero-order valence-electron chi connectivity index (χ0n) is 15.3. The van der Waals surface area contributed by atoms with Gasteiger partial charge in [0.2, 0.25) is 11.8 Å². The van der Waals surface area contributed by atoms with Crippen molar-refractivity contribution in [2.45, 2.75) is 19.5 Å². The van der Waals surface area contributed by atoms with Crippen LogP contribution < -0.4 is 14.8 Å². The zero-order valence-corrected chi connectivity index (χ0v) is 15.3. The molecule has 0 radical (unpaired) electrons. The molecule has 1 fully saturated rings. The van der Waals surface area contributed by atoms with Gasteiger partial charge in [0, 0.05) is 17.1 Å². The highest BCUT2D eigenvalue weighted by molar-refractivity contribution is 5.99. The second kappa shape index (κ2) is 7.06. The highest BCUT2D eigenvalue weighted by atomic mass is 19.1. The molecule has 0 saturated heterocycles. The molecular formula is C19H18F2N4O3. The molecule has 3 aromatic rings. The van der Waals surface area contributed by atoms with Crippen LogP contribution in [0.3, 0.4) is 0 Å². The van der Waals surface area contributed by atoms with Gasteiger partial charge in [-0.2, -0.15) is 0 Å². The van der Waals surface area contributed by atoms with E-state index in [2.05, 4.69) is 20.3 Å². The molecule has 0 aliphatic heterocycles. The fourth-order valence-electron chi connectivity index (χ4n) is 3.07. The fraction of sp³-hybridized carbons (Fsp3) is 0.316. The Balaban J connectivity index is 1.74. The van der Waals surface area contributed by atoms with Crippen molar-refractivity contribution in [3.8, 4) is 22.8 Å². The Morgan fingerprint density at radius 1 is 1.43 bits per heavy atom. The average Bonchev–Trinajstić information content (AvgIpc) is 3.28. The van der Waals surface area contributed by atoms with E-state index in [0.717, 1.165) is 6.20 Å². The number of aromatic nitrogens is 3. The molecule has 0 spiro atoms. The number of carbonyl (C=O) groups is 1. The van der Waals surface area contributed by atoms with Gasteiger partial charge in [0.15, 0.2) is 11.6 Å². The first-order valence-corrected chi connectivity index (χ1v) is 8.82. The molecule has 3 heterocycles. The van der Waals surface area contributed by atoms with Gasteiger partial charge in [-0.3, -0.25) is 4.79 Å². The number of carbonyl (C=O) groups excluding carboxylic acids is 1. The summed E-state index contributed by atoms with van der Waals surface area (Å²) in [5.41, 5.74) is 1.43. The van der Waals surface area contributed by atoms with Crippen molar-refractivity contribution >= 4 is 22.8 Å². The number of rotatable bonds is 6. The van der Waals surface area contributed by atoms with E-state index in [4.69, 9.17) is 9.47 Å². The van der Waals surface area contributed by atoms with Crippen LogP contribution in [0, 0.1) is 11.7 Å². The molecule has 1 amide bonds. The first-order valence-electron chi connectivity index (χ1n) is 8.82. The fourth-order valence-corrected chi connectivity index (χ4v) is 3.07. The van der Waals surface area contributed by atoms with Crippen LogP contribution >= 0.6 is 0 Å². The van der Waals surface area contributed by atoms with E-state index in [-0.39, 0.29) is 30.6 Å². The maximum Gasteiger partial charge on any atom is 0.231 e. The van der Waals surface area contributed by atoms with Crippen LogP contribution in [0.5, 0.6) is 11.6 Å². The van der Waals surface area contributed by atoms with Crippen LogP contribution in [-0.2, 0) is 4.79 Å². The quantitative estimate of drug-likeness (QED) is 0.675. The van der Waals surface area contributed by atoms with E-state index in [1.54, 1.807) is 25.3 Å². The average molecular weight is 388 g/mol. The van der Waals surface area contributed by atoms with Crippen LogP contribution in [0.4, 0.5) is 14.6 Å². The molecule has 4 rings (SSSR count). The van der Waals surface area contributed by atoms with E-state index in [0.29, 0.717) is 28.0 Å². The molecule has 1 saturated carbocycles. The number of halogens is 2. The Labute approximate surface area is 159 Å². The molecular weight excluding hydrogens is 370 g/mol. The lowest BCUT2D eigenvalue weighted by Crippen LogP contribution is -2.15. The Morgan fingerprint density at radius 2 is 2.21 bits per heavy atom. The minimum Gasteiger partial charge on any atom is -0.490 e. The molecule has 0 bridgehead atoms. The van der Waals surface area contributed by atoms with Crippen molar-refractivity contribution < 1.29 is 23.0 Å². The lowest BCUT2D eigenvalue weighted by Gasteiger charge is -2.13. The second-order valence-corrected chi connectivity index (χ2v) is 6.39. The topological polar surface area (TPSA) is 89.1 Å². The predicted molar refractivity (Wildman–Crippen MR) is 98.6 cm³/mol. The predicted octanol–water partition coefficient (Wildman–Crippen LogP) is 3.47. The Bertz CT molecular complexity index is 1050. The molecule has 9 heteroatoms. The van der Waals surface area contributed by atoms with Crippen molar-refractivity contribution in [3.05, 3.63) is 30.3 Å². The van der Waals surface area contributed by atoms with E-state index < -0.39 is 17.9 Å². The lowest BCUT2D eigenvalue weighted by atomic mass is 10.1. The van der Waals surface area contributed by atoms with Crippen molar-refractivity contribution in [3.63, 3.8) is 0 Å². The van der Waals surface area contributed by atoms with Crippen LogP contribution in [0.15, 0.2) is 24.5 Å². The number of fused-ring (bicyclic) bond motifs is 1.